The van der Waals surface area contributed by atoms with E-state index in [9.17, 15) is 14.7 Å². The topological polar surface area (TPSA) is 89.0 Å². The zero-order chi connectivity index (χ0) is 28.2. The Morgan fingerprint density at radius 3 is 2.55 bits per heavy atom. The van der Waals surface area contributed by atoms with Gasteiger partial charge in [0.25, 0.3) is 5.78 Å². The van der Waals surface area contributed by atoms with E-state index in [-0.39, 0.29) is 11.3 Å². The summed E-state index contributed by atoms with van der Waals surface area (Å²) in [6.45, 7) is 5.05. The minimum absolute atomic E-state index is 0.0208. The summed E-state index contributed by atoms with van der Waals surface area (Å²) >= 11 is 7.44. The fourth-order valence-corrected chi connectivity index (χ4v) is 5.95. The first-order chi connectivity index (χ1) is 19.4. The molecule has 1 aliphatic rings. The van der Waals surface area contributed by atoms with Crippen molar-refractivity contribution in [3.63, 3.8) is 0 Å². The predicted molar refractivity (Wildman–Crippen MR) is 158 cm³/mol. The van der Waals surface area contributed by atoms with Crippen molar-refractivity contribution >= 4 is 55.7 Å². The van der Waals surface area contributed by atoms with Crippen LogP contribution in [-0.4, -0.2) is 35.0 Å². The number of Topliss-reactive ketones (excluding diaryl/α,β-unsaturated/α-hetero) is 1. The van der Waals surface area contributed by atoms with E-state index in [2.05, 4.69) is 11.9 Å². The number of nitrogens with zero attached hydrogens (tertiary/aromatic N) is 2. The number of halogens is 1. The van der Waals surface area contributed by atoms with Gasteiger partial charge in [0.1, 0.15) is 17.3 Å². The summed E-state index contributed by atoms with van der Waals surface area (Å²) in [4.78, 5) is 33.1. The van der Waals surface area contributed by atoms with Crippen molar-refractivity contribution in [2.75, 3.05) is 18.1 Å². The highest BCUT2D eigenvalue weighted by Gasteiger charge is 2.48. The Bertz CT molecular complexity index is 1580. The van der Waals surface area contributed by atoms with Crippen LogP contribution in [0.1, 0.15) is 50.3 Å². The van der Waals surface area contributed by atoms with Gasteiger partial charge in [-0.2, -0.15) is 0 Å². The van der Waals surface area contributed by atoms with Crippen molar-refractivity contribution in [2.24, 2.45) is 0 Å². The molecule has 206 valence electrons. The van der Waals surface area contributed by atoms with Crippen LogP contribution in [0, 0.1) is 0 Å². The predicted octanol–water partition coefficient (Wildman–Crippen LogP) is 7.54. The van der Waals surface area contributed by atoms with E-state index in [0.29, 0.717) is 51.5 Å². The van der Waals surface area contributed by atoms with Gasteiger partial charge in [-0.1, -0.05) is 67.0 Å². The van der Waals surface area contributed by atoms with Crippen LogP contribution in [-0.2, 0) is 9.59 Å². The third-order valence-electron chi connectivity index (χ3n) is 6.62. The molecular weight excluding hydrogens is 548 g/mol. The Hall–Kier alpha value is -3.88. The zero-order valence-corrected chi connectivity index (χ0v) is 23.8. The lowest BCUT2D eigenvalue weighted by molar-refractivity contribution is -0.132. The maximum Gasteiger partial charge on any atom is 0.301 e. The Morgan fingerprint density at radius 1 is 1.00 bits per heavy atom. The lowest BCUT2D eigenvalue weighted by Crippen LogP contribution is -2.29. The van der Waals surface area contributed by atoms with Crippen LogP contribution in [0.2, 0.25) is 5.02 Å². The van der Waals surface area contributed by atoms with Crippen LogP contribution in [0.5, 0.6) is 11.5 Å². The average molecular weight is 577 g/mol. The fourth-order valence-electron chi connectivity index (χ4n) is 4.68. The molecule has 1 fully saturated rings. The highest BCUT2D eigenvalue weighted by molar-refractivity contribution is 7.22. The molecule has 1 aliphatic heterocycles. The van der Waals surface area contributed by atoms with Gasteiger partial charge in [-0.15, -0.1) is 0 Å². The quantitative estimate of drug-likeness (QED) is 0.0907. The van der Waals surface area contributed by atoms with E-state index >= 15 is 0 Å². The van der Waals surface area contributed by atoms with Crippen molar-refractivity contribution in [2.45, 2.75) is 39.2 Å². The highest BCUT2D eigenvalue weighted by atomic mass is 35.5. The SMILES string of the molecule is CCCCCOc1ccc(C2/C(=C(\O)c3cccc(OCC)c3)C(=O)C(=O)N2c2nc3ccc(Cl)cc3s2)cc1. The minimum atomic E-state index is -0.902. The first-order valence-corrected chi connectivity index (χ1v) is 14.4. The summed E-state index contributed by atoms with van der Waals surface area (Å²) in [7, 11) is 0. The highest BCUT2D eigenvalue weighted by Crippen LogP contribution is 2.45. The maximum absolute atomic E-state index is 13.5. The molecule has 1 unspecified atom stereocenters. The molecule has 1 amide bonds. The second-order valence-electron chi connectivity index (χ2n) is 9.36. The monoisotopic (exact) mass is 576 g/mol. The molecule has 1 N–H and O–H groups in total. The number of anilines is 1. The molecule has 3 aromatic carbocycles. The molecular formula is C31H29ClN2O5S. The number of fused-ring (bicyclic) bond motifs is 1. The number of ketones is 1. The van der Waals surface area contributed by atoms with Gasteiger partial charge in [-0.25, -0.2) is 4.98 Å². The average Bonchev–Trinajstić information content (AvgIpc) is 3.49. The third-order valence-corrected chi connectivity index (χ3v) is 7.87. The van der Waals surface area contributed by atoms with E-state index in [1.54, 1.807) is 42.5 Å². The number of hydrogen-bond donors (Lipinski definition) is 1. The molecule has 9 heteroatoms. The summed E-state index contributed by atoms with van der Waals surface area (Å²) in [6, 6.07) is 18.4. The molecule has 2 heterocycles. The van der Waals surface area contributed by atoms with Crippen LogP contribution in [0.25, 0.3) is 16.0 Å². The standard InChI is InChI=1S/C31H29ClN2O5S/c1-3-5-6-16-39-22-13-10-19(11-14-22)27-26(28(35)20-8-7-9-23(17-20)38-4-2)29(36)30(37)34(27)31-33-24-15-12-21(32)18-25(24)40-31/h7-15,17-18,27,35H,3-6,16H2,1-2H3/b28-26+. The van der Waals surface area contributed by atoms with Gasteiger partial charge in [-0.3, -0.25) is 14.5 Å². The van der Waals surface area contributed by atoms with Crippen LogP contribution in [0.15, 0.2) is 72.3 Å². The molecule has 1 atom stereocenters. The smallest absolute Gasteiger partial charge is 0.301 e. The summed E-state index contributed by atoms with van der Waals surface area (Å²) in [6.07, 6.45) is 3.15. The Kier molecular flexibility index (Phi) is 8.38. The van der Waals surface area contributed by atoms with Gasteiger partial charge in [-0.05, 0) is 61.4 Å². The van der Waals surface area contributed by atoms with Gasteiger partial charge in [0, 0.05) is 10.6 Å². The van der Waals surface area contributed by atoms with E-state index in [1.807, 2.05) is 31.2 Å². The number of unbranched alkanes of at least 4 members (excludes halogenated alkanes) is 2. The Labute approximate surface area is 241 Å². The lowest BCUT2D eigenvalue weighted by Gasteiger charge is -2.23. The molecule has 0 spiro atoms. The number of amides is 1. The number of aromatic nitrogens is 1. The van der Waals surface area contributed by atoms with Crippen molar-refractivity contribution in [1.82, 2.24) is 4.98 Å². The van der Waals surface area contributed by atoms with Crippen LogP contribution in [0.3, 0.4) is 0 Å². The largest absolute Gasteiger partial charge is 0.507 e. The van der Waals surface area contributed by atoms with Crippen molar-refractivity contribution < 1.29 is 24.2 Å². The molecule has 7 nitrogen and oxygen atoms in total. The molecule has 1 saturated heterocycles. The van der Waals surface area contributed by atoms with Crippen molar-refractivity contribution in [3.05, 3.63) is 88.5 Å². The van der Waals surface area contributed by atoms with Crippen molar-refractivity contribution in [1.29, 1.82) is 0 Å². The van der Waals surface area contributed by atoms with Crippen LogP contribution in [0.4, 0.5) is 5.13 Å². The number of hydrogen-bond acceptors (Lipinski definition) is 7. The maximum atomic E-state index is 13.5. The first-order valence-electron chi connectivity index (χ1n) is 13.2. The second-order valence-corrected chi connectivity index (χ2v) is 10.8. The summed E-state index contributed by atoms with van der Waals surface area (Å²) in [5.41, 5.74) is 1.65. The number of aliphatic hydroxyl groups is 1. The van der Waals surface area contributed by atoms with Gasteiger partial charge < -0.3 is 14.6 Å². The zero-order valence-electron chi connectivity index (χ0n) is 22.2. The van der Waals surface area contributed by atoms with Gasteiger partial charge in [0.15, 0.2) is 5.13 Å². The molecule has 0 bridgehead atoms. The molecule has 5 rings (SSSR count). The van der Waals surface area contributed by atoms with Gasteiger partial charge in [0.2, 0.25) is 0 Å². The molecule has 0 aliphatic carbocycles. The number of ether oxygens (including phenoxy) is 2. The Balaban J connectivity index is 1.60. The van der Waals surface area contributed by atoms with E-state index in [0.717, 1.165) is 24.0 Å². The number of aliphatic hydroxyl groups excluding tert-OH is 1. The number of rotatable bonds is 10. The van der Waals surface area contributed by atoms with Gasteiger partial charge >= 0.3 is 5.91 Å². The first kappa shape index (κ1) is 27.7. The fraction of sp³-hybridized carbons (Fsp3) is 0.258. The number of carbonyl (C=O) groups is 2. The van der Waals surface area contributed by atoms with Gasteiger partial charge in [0.05, 0.1) is 35.0 Å². The minimum Gasteiger partial charge on any atom is -0.507 e. The summed E-state index contributed by atoms with van der Waals surface area (Å²) < 4.78 is 12.2. The molecule has 4 aromatic rings. The molecule has 40 heavy (non-hydrogen) atoms. The molecule has 0 radical (unpaired) electrons. The van der Waals surface area contributed by atoms with E-state index in [1.165, 1.54) is 16.2 Å². The van der Waals surface area contributed by atoms with Crippen molar-refractivity contribution in [3.8, 4) is 11.5 Å². The third kappa shape index (κ3) is 5.55. The Morgan fingerprint density at radius 2 is 1.80 bits per heavy atom. The second kappa shape index (κ2) is 12.1. The molecule has 0 saturated carbocycles. The molecule has 1 aromatic heterocycles. The number of carbonyl (C=O) groups excluding carboxylic acids is 2. The number of benzene rings is 3. The summed E-state index contributed by atoms with van der Waals surface area (Å²) in [5, 5.41) is 12.3. The summed E-state index contributed by atoms with van der Waals surface area (Å²) in [5.74, 6) is -0.601. The van der Waals surface area contributed by atoms with E-state index < -0.39 is 17.7 Å². The normalized spacial score (nSPS) is 16.6. The van der Waals surface area contributed by atoms with E-state index in [4.69, 9.17) is 21.1 Å². The van der Waals surface area contributed by atoms with Crippen LogP contribution < -0.4 is 14.4 Å². The number of thiazole rings is 1. The lowest BCUT2D eigenvalue weighted by atomic mass is 9.95. The van der Waals surface area contributed by atoms with Crippen LogP contribution >= 0.6 is 22.9 Å².